The van der Waals surface area contributed by atoms with Crippen molar-refractivity contribution in [1.82, 2.24) is 9.97 Å². The lowest BCUT2D eigenvalue weighted by Gasteiger charge is -2.27. The Morgan fingerprint density at radius 3 is 2.68 bits per heavy atom. The summed E-state index contributed by atoms with van der Waals surface area (Å²) in [5.41, 5.74) is 1.17. The predicted octanol–water partition coefficient (Wildman–Crippen LogP) is 2.33. The molecule has 1 rings (SSSR count). The quantitative estimate of drug-likeness (QED) is 0.782. The van der Waals surface area contributed by atoms with E-state index in [0.29, 0.717) is 6.61 Å². The molecule has 0 radical (unpaired) electrons. The second-order valence-electron chi connectivity index (χ2n) is 4.72. The Morgan fingerprint density at radius 2 is 2.11 bits per heavy atom. The van der Waals surface area contributed by atoms with Crippen LogP contribution in [0.25, 0.3) is 0 Å². The lowest BCUT2D eigenvalue weighted by molar-refractivity contribution is 0.183. The van der Waals surface area contributed by atoms with Crippen LogP contribution in [-0.4, -0.2) is 43.3 Å². The number of nitrogens with one attached hydrogen (secondary N) is 1. The Bertz CT molecular complexity index is 384. The van der Waals surface area contributed by atoms with Gasteiger partial charge in [0, 0.05) is 26.3 Å². The fourth-order valence-electron chi connectivity index (χ4n) is 1.99. The molecule has 1 unspecified atom stereocenters. The molecule has 5 nitrogen and oxygen atoms in total. The predicted molar refractivity (Wildman–Crippen MR) is 79.9 cm³/mol. The molecule has 1 atom stereocenters. The molecule has 0 amide bonds. The molecule has 1 aromatic heterocycles. The topological polar surface area (TPSA) is 50.3 Å². The smallest absolute Gasteiger partial charge is 0.137 e. The summed E-state index contributed by atoms with van der Waals surface area (Å²) in [5.74, 6) is 1.94. The van der Waals surface area contributed by atoms with Gasteiger partial charge in [0.1, 0.15) is 18.0 Å². The number of aromatic nitrogens is 2. The van der Waals surface area contributed by atoms with E-state index < -0.39 is 0 Å². The molecule has 0 saturated heterocycles. The van der Waals surface area contributed by atoms with Gasteiger partial charge >= 0.3 is 0 Å². The Hall–Kier alpha value is -1.36. The fourth-order valence-corrected chi connectivity index (χ4v) is 1.99. The molecule has 0 spiro atoms. The summed E-state index contributed by atoms with van der Waals surface area (Å²) in [6.07, 6.45) is 3.62. The maximum absolute atomic E-state index is 5.21. The van der Waals surface area contributed by atoms with E-state index in [1.54, 1.807) is 13.4 Å². The van der Waals surface area contributed by atoms with Crippen LogP contribution >= 0.6 is 0 Å². The standard InChI is InChI=1S/C14H26N4O/c1-6-8-15-13-12(7-2)14(17-10-16-13)18(4)11(3)9-19-5/h10-11H,6-9H2,1-5H3,(H,15,16,17). The van der Waals surface area contributed by atoms with E-state index in [2.05, 4.69) is 48.0 Å². The highest BCUT2D eigenvalue weighted by Gasteiger charge is 2.17. The number of anilines is 2. The summed E-state index contributed by atoms with van der Waals surface area (Å²) in [7, 11) is 3.77. The third kappa shape index (κ3) is 4.06. The van der Waals surface area contributed by atoms with Crippen LogP contribution in [0.3, 0.4) is 0 Å². The van der Waals surface area contributed by atoms with Crippen LogP contribution in [0.4, 0.5) is 11.6 Å². The Kier molecular flexibility index (Phi) is 6.56. The molecule has 0 bridgehead atoms. The van der Waals surface area contributed by atoms with Gasteiger partial charge in [-0.2, -0.15) is 0 Å². The molecule has 0 aliphatic carbocycles. The molecule has 5 heteroatoms. The van der Waals surface area contributed by atoms with Crippen LogP contribution in [0, 0.1) is 0 Å². The maximum Gasteiger partial charge on any atom is 0.137 e. The van der Waals surface area contributed by atoms with Gasteiger partial charge in [-0.25, -0.2) is 9.97 Å². The zero-order chi connectivity index (χ0) is 14.3. The first-order chi connectivity index (χ1) is 9.15. The average Bonchev–Trinajstić information content (AvgIpc) is 2.43. The molecule has 0 aliphatic rings. The molecular weight excluding hydrogens is 240 g/mol. The zero-order valence-corrected chi connectivity index (χ0v) is 12.7. The van der Waals surface area contributed by atoms with Gasteiger partial charge in [0.15, 0.2) is 0 Å². The highest BCUT2D eigenvalue weighted by atomic mass is 16.5. The van der Waals surface area contributed by atoms with Crippen molar-refractivity contribution in [1.29, 1.82) is 0 Å². The summed E-state index contributed by atoms with van der Waals surface area (Å²) in [5, 5.41) is 3.37. The van der Waals surface area contributed by atoms with Gasteiger partial charge in [0.2, 0.25) is 0 Å². The van der Waals surface area contributed by atoms with Crippen LogP contribution in [0.2, 0.25) is 0 Å². The zero-order valence-electron chi connectivity index (χ0n) is 12.7. The van der Waals surface area contributed by atoms with Crippen molar-refractivity contribution in [3.05, 3.63) is 11.9 Å². The summed E-state index contributed by atoms with van der Waals surface area (Å²) >= 11 is 0. The van der Waals surface area contributed by atoms with Gasteiger partial charge < -0.3 is 15.0 Å². The van der Waals surface area contributed by atoms with Crippen LogP contribution < -0.4 is 10.2 Å². The maximum atomic E-state index is 5.21. The molecule has 0 aromatic carbocycles. The second-order valence-corrected chi connectivity index (χ2v) is 4.72. The average molecular weight is 266 g/mol. The van der Waals surface area contributed by atoms with Crippen molar-refractivity contribution >= 4 is 11.6 Å². The number of hydrogen-bond donors (Lipinski definition) is 1. The third-order valence-electron chi connectivity index (χ3n) is 3.22. The number of rotatable bonds is 8. The lowest BCUT2D eigenvalue weighted by Crippen LogP contribution is -2.34. The minimum atomic E-state index is 0.282. The number of ether oxygens (including phenoxy) is 1. The van der Waals surface area contributed by atoms with Crippen molar-refractivity contribution < 1.29 is 4.74 Å². The molecule has 0 aliphatic heterocycles. The number of likely N-dealkylation sites (N-methyl/N-ethyl adjacent to an activating group) is 1. The van der Waals surface area contributed by atoms with Gasteiger partial charge in [-0.3, -0.25) is 0 Å². The molecule has 1 heterocycles. The second kappa shape index (κ2) is 7.94. The highest BCUT2D eigenvalue weighted by Crippen LogP contribution is 2.24. The molecule has 19 heavy (non-hydrogen) atoms. The van der Waals surface area contributed by atoms with Gasteiger partial charge in [0.05, 0.1) is 12.6 Å². The summed E-state index contributed by atoms with van der Waals surface area (Å²) in [6.45, 7) is 8.02. The molecule has 1 N–H and O–H groups in total. The van der Waals surface area contributed by atoms with Crippen LogP contribution in [0.15, 0.2) is 6.33 Å². The van der Waals surface area contributed by atoms with E-state index in [4.69, 9.17) is 4.74 Å². The van der Waals surface area contributed by atoms with E-state index in [1.165, 1.54) is 5.56 Å². The first kappa shape index (κ1) is 15.7. The first-order valence-electron chi connectivity index (χ1n) is 6.95. The Morgan fingerprint density at radius 1 is 1.37 bits per heavy atom. The van der Waals surface area contributed by atoms with Crippen molar-refractivity contribution in [2.45, 2.75) is 39.7 Å². The van der Waals surface area contributed by atoms with E-state index in [-0.39, 0.29) is 6.04 Å². The van der Waals surface area contributed by atoms with Gasteiger partial charge in [0.25, 0.3) is 0 Å². The first-order valence-corrected chi connectivity index (χ1v) is 6.95. The van der Waals surface area contributed by atoms with Crippen molar-refractivity contribution in [2.75, 3.05) is 37.5 Å². The highest BCUT2D eigenvalue weighted by molar-refractivity contribution is 5.58. The minimum Gasteiger partial charge on any atom is -0.383 e. The van der Waals surface area contributed by atoms with Gasteiger partial charge in [-0.15, -0.1) is 0 Å². The summed E-state index contributed by atoms with van der Waals surface area (Å²) < 4.78 is 5.21. The molecular formula is C14H26N4O. The molecule has 0 saturated carbocycles. The van der Waals surface area contributed by atoms with E-state index in [1.807, 2.05) is 0 Å². The fraction of sp³-hybridized carbons (Fsp3) is 0.714. The van der Waals surface area contributed by atoms with E-state index in [0.717, 1.165) is 31.0 Å². The van der Waals surface area contributed by atoms with Gasteiger partial charge in [-0.1, -0.05) is 13.8 Å². The van der Waals surface area contributed by atoms with Crippen molar-refractivity contribution in [2.24, 2.45) is 0 Å². The molecule has 0 fully saturated rings. The summed E-state index contributed by atoms with van der Waals surface area (Å²) in [4.78, 5) is 10.9. The largest absolute Gasteiger partial charge is 0.383 e. The number of methoxy groups -OCH3 is 1. The molecule has 108 valence electrons. The van der Waals surface area contributed by atoms with Crippen LogP contribution in [0.5, 0.6) is 0 Å². The van der Waals surface area contributed by atoms with Crippen molar-refractivity contribution in [3.63, 3.8) is 0 Å². The minimum absolute atomic E-state index is 0.282. The number of nitrogens with zero attached hydrogens (tertiary/aromatic N) is 3. The van der Waals surface area contributed by atoms with Gasteiger partial charge in [-0.05, 0) is 19.8 Å². The van der Waals surface area contributed by atoms with E-state index in [9.17, 15) is 0 Å². The Balaban J connectivity index is 2.99. The van der Waals surface area contributed by atoms with Crippen LogP contribution in [-0.2, 0) is 11.2 Å². The third-order valence-corrected chi connectivity index (χ3v) is 3.22. The normalized spacial score (nSPS) is 12.3. The van der Waals surface area contributed by atoms with E-state index >= 15 is 0 Å². The number of hydrogen-bond acceptors (Lipinski definition) is 5. The summed E-state index contributed by atoms with van der Waals surface area (Å²) in [6, 6.07) is 0.282. The Labute approximate surface area is 116 Å². The lowest BCUT2D eigenvalue weighted by atomic mass is 10.2. The SMILES string of the molecule is CCCNc1ncnc(N(C)C(C)COC)c1CC. The monoisotopic (exact) mass is 266 g/mol. The molecule has 1 aromatic rings. The van der Waals surface area contributed by atoms with Crippen LogP contribution in [0.1, 0.15) is 32.8 Å². The van der Waals surface area contributed by atoms with Crippen molar-refractivity contribution in [3.8, 4) is 0 Å².